The lowest BCUT2D eigenvalue weighted by Gasteiger charge is -2.22. The fourth-order valence-corrected chi connectivity index (χ4v) is 6.72. The van der Waals surface area contributed by atoms with Crippen LogP contribution in [-0.4, -0.2) is 5.78 Å². The molecule has 0 aliphatic heterocycles. The van der Waals surface area contributed by atoms with Crippen molar-refractivity contribution in [2.45, 2.75) is 64.7 Å². The van der Waals surface area contributed by atoms with Crippen LogP contribution in [0.3, 0.4) is 0 Å². The number of Topliss-reactive ketones (excluding diaryl/α,β-unsaturated/α-hetero) is 1. The van der Waals surface area contributed by atoms with Crippen molar-refractivity contribution in [1.29, 1.82) is 0 Å². The third-order valence-electron chi connectivity index (χ3n) is 8.70. The van der Waals surface area contributed by atoms with Gasteiger partial charge in [-0.1, -0.05) is 94.7 Å². The minimum atomic E-state index is 0.0477. The first kappa shape index (κ1) is 21.8. The predicted octanol–water partition coefficient (Wildman–Crippen LogP) is 8.23. The average molecular weight is 449 g/mol. The van der Waals surface area contributed by atoms with Gasteiger partial charge in [0.05, 0.1) is 0 Å². The quantitative estimate of drug-likeness (QED) is 0.347. The van der Waals surface area contributed by atoms with Crippen LogP contribution in [0.5, 0.6) is 0 Å². The van der Waals surface area contributed by atoms with Crippen molar-refractivity contribution in [2.75, 3.05) is 0 Å². The molecule has 6 aliphatic rings. The highest BCUT2D eigenvalue weighted by atomic mass is 16.1. The first-order valence-electron chi connectivity index (χ1n) is 13.4. The van der Waals surface area contributed by atoms with E-state index in [1.54, 1.807) is 11.1 Å². The average Bonchev–Trinajstić information content (AvgIpc) is 3.42. The third-order valence-corrected chi connectivity index (χ3v) is 8.70. The van der Waals surface area contributed by atoms with E-state index in [9.17, 15) is 4.79 Å². The van der Waals surface area contributed by atoms with E-state index in [0.717, 1.165) is 44.4 Å². The first-order chi connectivity index (χ1) is 16.7. The molecule has 1 heteroatoms. The van der Waals surface area contributed by atoms with Crippen molar-refractivity contribution in [3.05, 3.63) is 106 Å². The molecule has 174 valence electrons. The van der Waals surface area contributed by atoms with Gasteiger partial charge in [-0.2, -0.15) is 0 Å². The molecule has 0 aromatic heterocycles. The second-order valence-electron chi connectivity index (χ2n) is 11.2. The van der Waals surface area contributed by atoms with Crippen LogP contribution in [0.2, 0.25) is 0 Å². The van der Waals surface area contributed by atoms with Crippen molar-refractivity contribution < 1.29 is 4.79 Å². The van der Waals surface area contributed by atoms with Gasteiger partial charge in [-0.15, -0.1) is 0 Å². The van der Waals surface area contributed by atoms with Crippen molar-refractivity contribution in [3.63, 3.8) is 0 Å². The van der Waals surface area contributed by atoms with Gasteiger partial charge in [-0.3, -0.25) is 4.79 Å². The number of hydrogen-bond donors (Lipinski definition) is 0. The van der Waals surface area contributed by atoms with Gasteiger partial charge in [-0.25, -0.2) is 0 Å². The summed E-state index contributed by atoms with van der Waals surface area (Å²) >= 11 is 0. The second kappa shape index (κ2) is 9.17. The van der Waals surface area contributed by atoms with Gasteiger partial charge in [0.15, 0.2) is 0 Å². The van der Waals surface area contributed by atoms with Gasteiger partial charge >= 0.3 is 0 Å². The van der Waals surface area contributed by atoms with E-state index in [-0.39, 0.29) is 5.92 Å². The van der Waals surface area contributed by atoms with E-state index >= 15 is 0 Å². The smallest absolute Gasteiger partial charge is 0.140 e. The Hall–Kier alpha value is -2.67. The lowest BCUT2D eigenvalue weighted by molar-refractivity contribution is -0.122. The minimum absolute atomic E-state index is 0.0477. The molecule has 0 spiro atoms. The maximum atomic E-state index is 13.7. The van der Waals surface area contributed by atoms with E-state index in [1.165, 1.54) is 40.7 Å². The van der Waals surface area contributed by atoms with E-state index in [4.69, 9.17) is 0 Å². The topological polar surface area (TPSA) is 17.1 Å². The van der Waals surface area contributed by atoms with Gasteiger partial charge in [-0.05, 0) is 81.3 Å². The van der Waals surface area contributed by atoms with Gasteiger partial charge in [0.25, 0.3) is 0 Å². The Labute approximate surface area is 204 Å². The molecule has 0 amide bonds. The normalized spacial score (nSPS) is 29.7. The molecule has 0 N–H and O–H groups in total. The van der Waals surface area contributed by atoms with E-state index in [2.05, 4.69) is 73.8 Å². The van der Waals surface area contributed by atoms with Crippen molar-refractivity contribution in [1.82, 2.24) is 0 Å². The summed E-state index contributed by atoms with van der Waals surface area (Å²) in [7, 11) is 0. The van der Waals surface area contributed by atoms with Crippen molar-refractivity contribution in [2.24, 2.45) is 23.7 Å². The molecule has 0 aromatic carbocycles. The molecule has 0 saturated heterocycles. The maximum Gasteiger partial charge on any atom is 0.140 e. The summed E-state index contributed by atoms with van der Waals surface area (Å²) in [5.41, 5.74) is 10.4. The highest BCUT2D eigenvalue weighted by Gasteiger charge is 2.39. The SMILES string of the molecule is CC1=CC=C(C2=C[C@H](C(=O)CCC3=CC=C(CC4=CC=CC4)C3C3CC3)C(C3=CC=CC3)C2)C1. The lowest BCUT2D eigenvalue weighted by Crippen LogP contribution is -2.20. The highest BCUT2D eigenvalue weighted by Crippen LogP contribution is 2.50. The Morgan fingerprint density at radius 2 is 1.74 bits per heavy atom. The molecule has 1 fully saturated rings. The summed E-state index contributed by atoms with van der Waals surface area (Å²) in [6, 6.07) is 0. The molecule has 6 aliphatic carbocycles. The molecule has 1 saturated carbocycles. The molecular weight excluding hydrogens is 412 g/mol. The van der Waals surface area contributed by atoms with Crippen LogP contribution in [0.25, 0.3) is 0 Å². The van der Waals surface area contributed by atoms with Crippen molar-refractivity contribution >= 4 is 5.78 Å². The molecule has 2 unspecified atom stereocenters. The van der Waals surface area contributed by atoms with Crippen LogP contribution in [0.1, 0.15) is 64.7 Å². The Morgan fingerprint density at radius 1 is 0.912 bits per heavy atom. The van der Waals surface area contributed by atoms with Crippen LogP contribution in [0.15, 0.2) is 106 Å². The molecular formula is C33H36O. The molecule has 0 radical (unpaired) electrons. The zero-order valence-electron chi connectivity index (χ0n) is 20.4. The summed E-state index contributed by atoms with van der Waals surface area (Å²) in [6.07, 6.45) is 34.7. The number of rotatable bonds is 9. The van der Waals surface area contributed by atoms with Gasteiger partial charge in [0, 0.05) is 18.3 Å². The zero-order valence-corrected chi connectivity index (χ0v) is 20.4. The fourth-order valence-electron chi connectivity index (χ4n) is 6.72. The zero-order chi connectivity index (χ0) is 23.1. The van der Waals surface area contributed by atoms with Crippen molar-refractivity contribution in [3.8, 4) is 0 Å². The number of carbonyl (C=O) groups is 1. The molecule has 3 atom stereocenters. The third kappa shape index (κ3) is 4.38. The van der Waals surface area contributed by atoms with Crippen LogP contribution < -0.4 is 0 Å². The molecule has 34 heavy (non-hydrogen) atoms. The van der Waals surface area contributed by atoms with Gasteiger partial charge in [0.2, 0.25) is 0 Å². The maximum absolute atomic E-state index is 13.7. The van der Waals surface area contributed by atoms with E-state index in [1.807, 2.05) is 0 Å². The summed E-state index contributed by atoms with van der Waals surface area (Å²) in [4.78, 5) is 13.7. The van der Waals surface area contributed by atoms with Gasteiger partial charge < -0.3 is 0 Å². The molecule has 6 rings (SSSR count). The molecule has 0 heterocycles. The second-order valence-corrected chi connectivity index (χ2v) is 11.2. The Morgan fingerprint density at radius 3 is 2.44 bits per heavy atom. The molecule has 1 nitrogen and oxygen atoms in total. The number of allylic oxidation sites excluding steroid dienone is 18. The number of ketones is 1. The number of carbonyl (C=O) groups excluding carboxylic acids is 1. The largest absolute Gasteiger partial charge is 0.299 e. The Bertz CT molecular complexity index is 1160. The minimum Gasteiger partial charge on any atom is -0.299 e. The monoisotopic (exact) mass is 448 g/mol. The number of hydrogen-bond acceptors (Lipinski definition) is 1. The van der Waals surface area contributed by atoms with Crippen LogP contribution in [0.4, 0.5) is 0 Å². The lowest BCUT2D eigenvalue weighted by atomic mass is 9.81. The van der Waals surface area contributed by atoms with E-state index < -0.39 is 0 Å². The summed E-state index contributed by atoms with van der Waals surface area (Å²) in [5.74, 6) is 2.26. The standard InChI is InChI=1S/C33H36O/c1-22-10-11-27(18-22)29-20-30(24-8-4-5-9-24)31(21-29)32(34)17-16-26-14-15-28(33(26)25-12-13-25)19-23-6-2-3-7-23/h2-6,8,10-11,14-15,21,25,30-31,33H,7,9,12-13,16-20H2,1H3/t30?,31-,33?/m0/s1. The predicted molar refractivity (Wildman–Crippen MR) is 141 cm³/mol. The summed E-state index contributed by atoms with van der Waals surface area (Å²) < 4.78 is 0. The summed E-state index contributed by atoms with van der Waals surface area (Å²) in [5, 5.41) is 0. The summed E-state index contributed by atoms with van der Waals surface area (Å²) in [6.45, 7) is 2.20. The first-order valence-corrected chi connectivity index (χ1v) is 13.4. The Balaban J connectivity index is 1.13. The Kier molecular flexibility index (Phi) is 5.89. The fraction of sp³-hybridized carbons (Fsp3) is 0.424. The molecule has 0 aromatic rings. The van der Waals surface area contributed by atoms with E-state index in [0.29, 0.717) is 24.0 Å². The van der Waals surface area contributed by atoms with Crippen LogP contribution in [0, 0.1) is 23.7 Å². The highest BCUT2D eigenvalue weighted by molar-refractivity contribution is 5.85. The van der Waals surface area contributed by atoms with Gasteiger partial charge in [0.1, 0.15) is 5.78 Å². The van der Waals surface area contributed by atoms with Crippen LogP contribution >= 0.6 is 0 Å². The molecule has 0 bridgehead atoms. The van der Waals surface area contributed by atoms with Crippen LogP contribution in [-0.2, 0) is 4.79 Å².